The number of phosphoric ester groups is 1. The Kier molecular flexibility index (Phi) is 43.3. The van der Waals surface area contributed by atoms with Crippen molar-refractivity contribution in [2.75, 3.05) is 26.4 Å². The lowest BCUT2D eigenvalue weighted by atomic mass is 10.0. The minimum Gasteiger partial charge on any atom is -0.462 e. The van der Waals surface area contributed by atoms with E-state index in [1.165, 1.54) is 135 Å². The van der Waals surface area contributed by atoms with E-state index in [1.807, 2.05) is 0 Å². The highest BCUT2D eigenvalue weighted by Gasteiger charge is 2.27. The fraction of sp³-hybridized carbons (Fsp3) is 0.875. The van der Waals surface area contributed by atoms with Crippen molar-refractivity contribution in [3.8, 4) is 0 Å². The first-order valence-corrected chi connectivity index (χ1v) is 25.8. The van der Waals surface area contributed by atoms with Gasteiger partial charge in [0.15, 0.2) is 6.10 Å². The monoisotopic (exact) mass is 859 g/mol. The number of hydrogen-bond donors (Lipinski definition) is 3. The van der Waals surface area contributed by atoms with Crippen LogP contribution in [0.15, 0.2) is 24.3 Å². The number of hydrogen-bond acceptors (Lipinski definition) is 9. The second-order valence-electron chi connectivity index (χ2n) is 16.5. The van der Waals surface area contributed by atoms with E-state index in [2.05, 4.69) is 38.2 Å². The average Bonchev–Trinajstić information content (AvgIpc) is 3.22. The van der Waals surface area contributed by atoms with E-state index in [4.69, 9.17) is 23.6 Å². The number of rotatable bonds is 46. The topological polar surface area (TPSA) is 149 Å². The molecule has 59 heavy (non-hydrogen) atoms. The number of unbranched alkanes of at least 4 members (excludes halogenated alkanes) is 28. The molecule has 0 saturated carbocycles. The number of aliphatic hydroxyl groups is 2. The molecule has 3 N–H and O–H groups in total. The van der Waals surface area contributed by atoms with Crippen molar-refractivity contribution in [3.05, 3.63) is 24.3 Å². The number of phosphoric acid groups is 1. The first kappa shape index (κ1) is 57.4. The Hall–Kier alpha value is -1.55. The zero-order chi connectivity index (χ0) is 43.3. The summed E-state index contributed by atoms with van der Waals surface area (Å²) in [4.78, 5) is 35.1. The van der Waals surface area contributed by atoms with Gasteiger partial charge >= 0.3 is 19.8 Å². The number of allylic oxidation sites excluding steroid dienone is 4. The van der Waals surface area contributed by atoms with Crippen LogP contribution < -0.4 is 0 Å². The molecular formula is C48H91O10P. The van der Waals surface area contributed by atoms with Crippen LogP contribution in [0, 0.1) is 0 Å². The zero-order valence-electron chi connectivity index (χ0n) is 38.0. The van der Waals surface area contributed by atoms with Gasteiger partial charge in [0.05, 0.1) is 19.8 Å². The van der Waals surface area contributed by atoms with Crippen LogP contribution in [0.25, 0.3) is 0 Å². The third-order valence-corrected chi connectivity index (χ3v) is 11.5. The number of carbonyl (C=O) groups is 2. The van der Waals surface area contributed by atoms with E-state index in [0.29, 0.717) is 12.8 Å². The van der Waals surface area contributed by atoms with E-state index in [-0.39, 0.29) is 19.4 Å². The maximum Gasteiger partial charge on any atom is 0.472 e. The first-order chi connectivity index (χ1) is 28.7. The van der Waals surface area contributed by atoms with Crippen LogP contribution in [0.1, 0.15) is 232 Å². The highest BCUT2D eigenvalue weighted by atomic mass is 31.2. The molecule has 0 bridgehead atoms. The van der Waals surface area contributed by atoms with Crippen LogP contribution in [0.2, 0.25) is 0 Å². The molecule has 0 saturated heterocycles. The second-order valence-corrected chi connectivity index (χ2v) is 17.9. The Labute approximate surface area is 361 Å². The molecule has 3 atom stereocenters. The van der Waals surface area contributed by atoms with Crippen LogP contribution in [0.5, 0.6) is 0 Å². The van der Waals surface area contributed by atoms with E-state index in [9.17, 15) is 24.2 Å². The summed E-state index contributed by atoms with van der Waals surface area (Å²) in [6.07, 6.45) is 45.8. The lowest BCUT2D eigenvalue weighted by molar-refractivity contribution is -0.161. The highest BCUT2D eigenvalue weighted by molar-refractivity contribution is 7.47. The van der Waals surface area contributed by atoms with Gasteiger partial charge in [-0.1, -0.05) is 179 Å². The molecule has 0 fully saturated rings. The summed E-state index contributed by atoms with van der Waals surface area (Å²) in [6.45, 7) is 2.38. The molecule has 0 aliphatic rings. The third-order valence-electron chi connectivity index (χ3n) is 10.6. The molecule has 3 unspecified atom stereocenters. The normalized spacial score (nSPS) is 13.9. The van der Waals surface area contributed by atoms with Crippen molar-refractivity contribution < 1.29 is 47.8 Å². The summed E-state index contributed by atoms with van der Waals surface area (Å²) in [5.74, 6) is -0.928. The second kappa shape index (κ2) is 44.5. The van der Waals surface area contributed by atoms with E-state index in [1.54, 1.807) is 0 Å². The molecule has 11 heteroatoms. The van der Waals surface area contributed by atoms with E-state index < -0.39 is 51.8 Å². The fourth-order valence-corrected chi connectivity index (χ4v) is 7.60. The number of esters is 2. The Morgan fingerprint density at radius 3 is 1.24 bits per heavy atom. The van der Waals surface area contributed by atoms with Crippen LogP contribution >= 0.6 is 7.82 Å². The van der Waals surface area contributed by atoms with Gasteiger partial charge in [0, 0.05) is 12.8 Å². The third kappa shape index (κ3) is 44.3. The van der Waals surface area contributed by atoms with Gasteiger partial charge in [-0.25, -0.2) is 4.57 Å². The average molecular weight is 859 g/mol. The Bertz CT molecular complexity index is 1040. The lowest BCUT2D eigenvalue weighted by Crippen LogP contribution is -2.29. The minimum atomic E-state index is -4.62. The zero-order valence-corrected chi connectivity index (χ0v) is 38.9. The number of ether oxygens (including phenoxy) is 2. The predicted molar refractivity (Wildman–Crippen MR) is 242 cm³/mol. The van der Waals surface area contributed by atoms with Crippen molar-refractivity contribution >= 4 is 19.8 Å². The van der Waals surface area contributed by atoms with Gasteiger partial charge in [0.2, 0.25) is 0 Å². The highest BCUT2D eigenvalue weighted by Crippen LogP contribution is 2.43. The van der Waals surface area contributed by atoms with Crippen molar-refractivity contribution in [2.45, 2.75) is 244 Å². The Morgan fingerprint density at radius 1 is 0.492 bits per heavy atom. The largest absolute Gasteiger partial charge is 0.472 e. The standard InChI is InChI=1S/C48H91O10P/c1-3-5-7-9-11-13-15-17-18-19-20-21-22-23-24-25-26-28-30-32-34-36-38-40-48(52)58-46(44-57-59(53,54)56-42-45(50)41-49)43-55-47(51)39-37-35-33-31-29-27-16-14-12-10-8-6-4-2/h14,16,19-20,45-46,49-50H,3-13,15,17-18,21-44H2,1-2H3,(H,53,54)/b16-14-,20-19-. The predicted octanol–water partition coefficient (Wildman–Crippen LogP) is 13.3. The smallest absolute Gasteiger partial charge is 0.462 e. The summed E-state index contributed by atoms with van der Waals surface area (Å²) < 4.78 is 32.8. The Balaban J connectivity index is 4.15. The molecule has 0 amide bonds. The summed E-state index contributed by atoms with van der Waals surface area (Å²) in [7, 11) is -4.62. The summed E-state index contributed by atoms with van der Waals surface area (Å²) in [6, 6.07) is 0. The van der Waals surface area contributed by atoms with Gasteiger partial charge in [0.25, 0.3) is 0 Å². The van der Waals surface area contributed by atoms with Gasteiger partial charge in [0.1, 0.15) is 12.7 Å². The molecule has 0 radical (unpaired) electrons. The van der Waals surface area contributed by atoms with Gasteiger partial charge < -0.3 is 24.6 Å². The summed E-state index contributed by atoms with van der Waals surface area (Å²) in [5.41, 5.74) is 0. The SMILES string of the molecule is CCCCCC/C=C\CCCCCCCC(=O)OCC(COP(=O)(O)OCC(O)CO)OC(=O)CCCCCCCCCCCCC/C=C\CCCCCCCCCC. The quantitative estimate of drug-likeness (QED) is 0.0234. The summed E-state index contributed by atoms with van der Waals surface area (Å²) in [5, 5.41) is 18.4. The van der Waals surface area contributed by atoms with Crippen LogP contribution in [0.3, 0.4) is 0 Å². The number of carbonyl (C=O) groups excluding carboxylic acids is 2. The molecule has 0 aliphatic heterocycles. The molecular weight excluding hydrogens is 767 g/mol. The van der Waals surface area contributed by atoms with Crippen molar-refractivity contribution in [1.82, 2.24) is 0 Å². The van der Waals surface area contributed by atoms with Crippen molar-refractivity contribution in [3.63, 3.8) is 0 Å². The molecule has 0 aromatic heterocycles. The molecule has 348 valence electrons. The van der Waals surface area contributed by atoms with Gasteiger partial charge in [-0.15, -0.1) is 0 Å². The van der Waals surface area contributed by atoms with Crippen LogP contribution in [-0.4, -0.2) is 65.7 Å². The van der Waals surface area contributed by atoms with Crippen LogP contribution in [0.4, 0.5) is 0 Å². The molecule has 0 spiro atoms. The summed E-state index contributed by atoms with van der Waals surface area (Å²) >= 11 is 0. The minimum absolute atomic E-state index is 0.184. The molecule has 0 aromatic carbocycles. The van der Waals surface area contributed by atoms with E-state index >= 15 is 0 Å². The molecule has 0 aromatic rings. The van der Waals surface area contributed by atoms with Crippen LogP contribution in [-0.2, 0) is 32.7 Å². The van der Waals surface area contributed by atoms with Gasteiger partial charge in [-0.3, -0.25) is 18.6 Å². The maximum atomic E-state index is 12.7. The van der Waals surface area contributed by atoms with Gasteiger partial charge in [-0.05, 0) is 64.2 Å². The van der Waals surface area contributed by atoms with Crippen molar-refractivity contribution in [1.29, 1.82) is 0 Å². The fourth-order valence-electron chi connectivity index (χ4n) is 6.81. The Morgan fingerprint density at radius 2 is 0.831 bits per heavy atom. The maximum absolute atomic E-state index is 12.7. The molecule has 0 heterocycles. The first-order valence-electron chi connectivity index (χ1n) is 24.3. The van der Waals surface area contributed by atoms with Crippen molar-refractivity contribution in [2.24, 2.45) is 0 Å². The molecule has 0 aliphatic carbocycles. The van der Waals surface area contributed by atoms with E-state index in [0.717, 1.165) is 57.8 Å². The van der Waals surface area contributed by atoms with Gasteiger partial charge in [-0.2, -0.15) is 0 Å². The number of aliphatic hydroxyl groups excluding tert-OH is 2. The molecule has 0 rings (SSSR count). The molecule has 10 nitrogen and oxygen atoms in total. The lowest BCUT2D eigenvalue weighted by Gasteiger charge is -2.20.